The van der Waals surface area contributed by atoms with Crippen LogP contribution >= 0.6 is 0 Å². The molecule has 0 radical (unpaired) electrons. The summed E-state index contributed by atoms with van der Waals surface area (Å²) in [5, 5.41) is 9.19. The molecule has 0 bridgehead atoms. The molecule has 0 unspecified atom stereocenters. The monoisotopic (exact) mass is 329 g/mol. The van der Waals surface area contributed by atoms with E-state index in [1.54, 1.807) is 14.2 Å². The first kappa shape index (κ1) is 21.7. The van der Waals surface area contributed by atoms with Crippen LogP contribution in [0.5, 0.6) is 0 Å². The van der Waals surface area contributed by atoms with Crippen molar-refractivity contribution in [1.82, 2.24) is 20.9 Å². The third kappa shape index (κ3) is 10.1. The summed E-state index contributed by atoms with van der Waals surface area (Å²) in [5.41, 5.74) is -0.520. The first-order chi connectivity index (χ1) is 10.9. The van der Waals surface area contributed by atoms with Gasteiger partial charge in [-0.1, -0.05) is 0 Å². The zero-order chi connectivity index (χ0) is 17.7. The predicted octanol–water partition coefficient (Wildman–Crippen LogP) is 0.282. The van der Waals surface area contributed by atoms with Crippen LogP contribution in [0.1, 0.15) is 27.2 Å². The second-order valence-electron chi connectivity index (χ2n) is 6.23. The maximum atomic E-state index is 11.8. The molecule has 3 N–H and O–H groups in total. The van der Waals surface area contributed by atoms with Gasteiger partial charge in [0.2, 0.25) is 5.91 Å². The average Bonchev–Trinajstić information content (AvgIpc) is 2.52. The van der Waals surface area contributed by atoms with E-state index in [0.29, 0.717) is 6.54 Å². The van der Waals surface area contributed by atoms with Crippen LogP contribution in [0.15, 0.2) is 4.99 Å². The SMILES string of the molecule is CCNC(=NCC(C)(C)C(=O)NC)NCCN(C)CCCOC. The highest BCUT2D eigenvalue weighted by Crippen LogP contribution is 2.15. The van der Waals surface area contributed by atoms with E-state index in [-0.39, 0.29) is 5.91 Å². The maximum absolute atomic E-state index is 11.8. The molecule has 7 nitrogen and oxygen atoms in total. The largest absolute Gasteiger partial charge is 0.385 e. The summed E-state index contributed by atoms with van der Waals surface area (Å²) in [7, 11) is 5.47. The zero-order valence-electron chi connectivity index (χ0n) is 15.7. The number of carbonyl (C=O) groups excluding carboxylic acids is 1. The van der Waals surface area contributed by atoms with Gasteiger partial charge in [-0.15, -0.1) is 0 Å². The van der Waals surface area contributed by atoms with Crippen LogP contribution in [0.2, 0.25) is 0 Å². The first-order valence-electron chi connectivity index (χ1n) is 8.29. The van der Waals surface area contributed by atoms with E-state index in [9.17, 15) is 4.79 Å². The van der Waals surface area contributed by atoms with Gasteiger partial charge in [0.15, 0.2) is 5.96 Å². The van der Waals surface area contributed by atoms with Crippen LogP contribution in [0, 0.1) is 5.41 Å². The van der Waals surface area contributed by atoms with E-state index in [2.05, 4.69) is 32.9 Å². The van der Waals surface area contributed by atoms with Gasteiger partial charge in [0, 0.05) is 46.9 Å². The lowest BCUT2D eigenvalue weighted by molar-refractivity contribution is -0.128. The van der Waals surface area contributed by atoms with Crippen molar-refractivity contribution < 1.29 is 9.53 Å². The molecular formula is C16H35N5O2. The number of amides is 1. The van der Waals surface area contributed by atoms with Crippen LogP contribution in [0.4, 0.5) is 0 Å². The van der Waals surface area contributed by atoms with Gasteiger partial charge in [-0.3, -0.25) is 9.79 Å². The first-order valence-corrected chi connectivity index (χ1v) is 8.29. The number of carbonyl (C=O) groups is 1. The van der Waals surface area contributed by atoms with E-state index >= 15 is 0 Å². The molecule has 0 rings (SSSR count). The summed E-state index contributed by atoms with van der Waals surface area (Å²) in [6.07, 6.45) is 1.03. The molecule has 136 valence electrons. The van der Waals surface area contributed by atoms with Crippen LogP contribution in [-0.2, 0) is 9.53 Å². The maximum Gasteiger partial charge on any atom is 0.227 e. The van der Waals surface area contributed by atoms with Crippen LogP contribution in [0.25, 0.3) is 0 Å². The number of ether oxygens (including phenoxy) is 1. The summed E-state index contributed by atoms with van der Waals surface area (Å²) in [6.45, 7) is 10.6. The van der Waals surface area contributed by atoms with Gasteiger partial charge >= 0.3 is 0 Å². The zero-order valence-corrected chi connectivity index (χ0v) is 15.7. The Morgan fingerprint density at radius 2 is 1.96 bits per heavy atom. The van der Waals surface area contributed by atoms with Crippen molar-refractivity contribution in [2.24, 2.45) is 10.4 Å². The van der Waals surface area contributed by atoms with E-state index in [1.165, 1.54) is 0 Å². The van der Waals surface area contributed by atoms with Crippen molar-refractivity contribution in [3.63, 3.8) is 0 Å². The van der Waals surface area contributed by atoms with Gasteiger partial charge < -0.3 is 25.6 Å². The fourth-order valence-electron chi connectivity index (χ4n) is 1.98. The third-order valence-electron chi connectivity index (χ3n) is 3.49. The number of hydrogen-bond acceptors (Lipinski definition) is 4. The molecule has 0 aliphatic heterocycles. The van der Waals surface area contributed by atoms with Crippen molar-refractivity contribution in [2.75, 3.05) is 60.5 Å². The van der Waals surface area contributed by atoms with Gasteiger partial charge in [0.25, 0.3) is 0 Å². The topological polar surface area (TPSA) is 78.0 Å². The highest BCUT2D eigenvalue weighted by Gasteiger charge is 2.26. The lowest BCUT2D eigenvalue weighted by Crippen LogP contribution is -2.43. The predicted molar refractivity (Wildman–Crippen MR) is 95.8 cm³/mol. The normalized spacial score (nSPS) is 12.4. The second kappa shape index (κ2) is 12.1. The molecule has 0 spiro atoms. The lowest BCUT2D eigenvalue weighted by atomic mass is 9.93. The molecule has 0 aliphatic carbocycles. The minimum atomic E-state index is -0.520. The summed E-state index contributed by atoms with van der Waals surface area (Å²) >= 11 is 0. The highest BCUT2D eigenvalue weighted by molar-refractivity contribution is 5.83. The molecule has 0 fully saturated rings. The molecule has 0 heterocycles. The Kier molecular flexibility index (Phi) is 11.4. The molecule has 0 saturated heterocycles. The molecule has 1 amide bonds. The highest BCUT2D eigenvalue weighted by atomic mass is 16.5. The lowest BCUT2D eigenvalue weighted by Gasteiger charge is -2.22. The number of nitrogens with zero attached hydrogens (tertiary/aromatic N) is 2. The second-order valence-corrected chi connectivity index (χ2v) is 6.23. The quantitative estimate of drug-likeness (QED) is 0.288. The molecule has 0 saturated carbocycles. The van der Waals surface area contributed by atoms with Crippen molar-refractivity contribution in [1.29, 1.82) is 0 Å². The Hall–Kier alpha value is -1.34. The Balaban J connectivity index is 4.30. The molecule has 0 aromatic rings. The average molecular weight is 329 g/mol. The number of aliphatic imine (C=N–C) groups is 1. The van der Waals surface area contributed by atoms with Crippen molar-refractivity contribution in [2.45, 2.75) is 27.2 Å². The minimum absolute atomic E-state index is 0.00465. The Labute approximate surface area is 141 Å². The number of hydrogen-bond donors (Lipinski definition) is 3. The van der Waals surface area contributed by atoms with Crippen molar-refractivity contribution >= 4 is 11.9 Å². The minimum Gasteiger partial charge on any atom is -0.385 e. The fraction of sp³-hybridized carbons (Fsp3) is 0.875. The van der Waals surface area contributed by atoms with E-state index in [0.717, 1.165) is 45.2 Å². The van der Waals surface area contributed by atoms with Crippen molar-refractivity contribution in [3.8, 4) is 0 Å². The summed E-state index contributed by atoms with van der Waals surface area (Å²) in [5.74, 6) is 0.741. The van der Waals surface area contributed by atoms with E-state index in [4.69, 9.17) is 4.74 Å². The molecular weight excluding hydrogens is 294 g/mol. The fourth-order valence-corrected chi connectivity index (χ4v) is 1.98. The number of nitrogens with one attached hydrogen (secondary N) is 3. The molecule has 0 aromatic carbocycles. The Morgan fingerprint density at radius 1 is 1.26 bits per heavy atom. The molecule has 0 aliphatic rings. The number of guanidine groups is 1. The van der Waals surface area contributed by atoms with E-state index in [1.807, 2.05) is 20.8 Å². The molecule has 23 heavy (non-hydrogen) atoms. The smallest absolute Gasteiger partial charge is 0.227 e. The molecule has 7 heteroatoms. The van der Waals surface area contributed by atoms with Gasteiger partial charge in [0.05, 0.1) is 12.0 Å². The van der Waals surface area contributed by atoms with Crippen LogP contribution in [-0.4, -0.2) is 77.3 Å². The summed E-state index contributed by atoms with van der Waals surface area (Å²) in [6, 6.07) is 0. The molecule has 0 atom stereocenters. The number of methoxy groups -OCH3 is 1. The summed E-state index contributed by atoms with van der Waals surface area (Å²) < 4.78 is 5.06. The Morgan fingerprint density at radius 3 is 2.52 bits per heavy atom. The van der Waals surface area contributed by atoms with Crippen LogP contribution in [0.3, 0.4) is 0 Å². The number of rotatable bonds is 11. The Bertz CT molecular complexity index is 358. The van der Waals surface area contributed by atoms with Gasteiger partial charge in [-0.2, -0.15) is 0 Å². The van der Waals surface area contributed by atoms with Crippen molar-refractivity contribution in [3.05, 3.63) is 0 Å². The number of likely N-dealkylation sites (N-methyl/N-ethyl adjacent to an activating group) is 1. The van der Waals surface area contributed by atoms with Gasteiger partial charge in [-0.25, -0.2) is 0 Å². The standard InChI is InChI=1S/C16H35N5O2/c1-7-18-15(20-13-16(2,3)14(22)17-4)19-9-11-21(5)10-8-12-23-6/h7-13H2,1-6H3,(H,17,22)(H2,18,19,20). The van der Waals surface area contributed by atoms with Gasteiger partial charge in [0.1, 0.15) is 0 Å². The van der Waals surface area contributed by atoms with Crippen LogP contribution < -0.4 is 16.0 Å². The van der Waals surface area contributed by atoms with E-state index < -0.39 is 5.41 Å². The third-order valence-corrected chi connectivity index (χ3v) is 3.49. The summed E-state index contributed by atoms with van der Waals surface area (Å²) in [4.78, 5) is 18.6. The molecule has 0 aromatic heterocycles. The van der Waals surface area contributed by atoms with Gasteiger partial charge in [-0.05, 0) is 34.2 Å².